The average Bonchev–Trinajstić information content (AvgIpc) is 2.86. The normalized spacial score (nSPS) is 11.3. The molecule has 10 nitrogen and oxygen atoms in total. The van der Waals surface area contributed by atoms with Gasteiger partial charge in [0.05, 0.1) is 10.6 Å². The molecule has 192 valence electrons. The number of carboxylic acids is 1. The molecule has 0 heterocycles. The number of phenolic OH excluding ortho intramolecular Hbond substituents is 2. The Morgan fingerprint density at radius 1 is 0.865 bits per heavy atom. The van der Waals surface area contributed by atoms with E-state index in [0.29, 0.717) is 11.1 Å². The van der Waals surface area contributed by atoms with E-state index in [2.05, 4.69) is 16.0 Å². The van der Waals surface area contributed by atoms with Crippen molar-refractivity contribution in [2.75, 3.05) is 6.54 Å². The molecule has 0 aromatic heterocycles. The highest BCUT2D eigenvalue weighted by molar-refractivity contribution is 6.34. The third-order valence-electron chi connectivity index (χ3n) is 5.38. The zero-order valence-corrected chi connectivity index (χ0v) is 20.4. The molecule has 0 saturated heterocycles. The monoisotopic (exact) mass is 525 g/mol. The Kier molecular flexibility index (Phi) is 8.70. The number of halogens is 1. The molecule has 37 heavy (non-hydrogen) atoms. The first-order valence-corrected chi connectivity index (χ1v) is 11.4. The SMILES string of the molecule is Cc1ccc(C(=O)NC[C@H](NC(=O)c2ccc(C(=O)NCc3cccc(O)c3)cc2Cl)C(=O)O)cc1O. The van der Waals surface area contributed by atoms with Crippen LogP contribution >= 0.6 is 11.6 Å². The van der Waals surface area contributed by atoms with E-state index in [9.17, 15) is 34.5 Å². The number of carboxylic acid groups (broad SMARTS) is 1. The number of aromatic hydroxyl groups is 2. The van der Waals surface area contributed by atoms with Gasteiger partial charge in [0, 0.05) is 24.2 Å². The van der Waals surface area contributed by atoms with Crippen LogP contribution in [0.3, 0.4) is 0 Å². The summed E-state index contributed by atoms with van der Waals surface area (Å²) in [7, 11) is 0. The quantitative estimate of drug-likeness (QED) is 0.250. The molecule has 3 amide bonds. The number of nitrogens with one attached hydrogen (secondary N) is 3. The van der Waals surface area contributed by atoms with E-state index in [1.165, 1.54) is 42.5 Å². The lowest BCUT2D eigenvalue weighted by Gasteiger charge is -2.16. The second-order valence-corrected chi connectivity index (χ2v) is 8.53. The smallest absolute Gasteiger partial charge is 0.328 e. The van der Waals surface area contributed by atoms with Crippen molar-refractivity contribution in [3.63, 3.8) is 0 Å². The van der Waals surface area contributed by atoms with Gasteiger partial charge in [0.1, 0.15) is 17.5 Å². The molecule has 3 aromatic rings. The fourth-order valence-electron chi connectivity index (χ4n) is 3.27. The van der Waals surface area contributed by atoms with Gasteiger partial charge in [-0.2, -0.15) is 0 Å². The van der Waals surface area contributed by atoms with Gasteiger partial charge in [-0.1, -0.05) is 29.8 Å². The van der Waals surface area contributed by atoms with Crippen molar-refractivity contribution in [1.82, 2.24) is 16.0 Å². The molecule has 11 heteroatoms. The number of aryl methyl sites for hydroxylation is 1. The van der Waals surface area contributed by atoms with Gasteiger partial charge in [-0.15, -0.1) is 0 Å². The van der Waals surface area contributed by atoms with Crippen LogP contribution in [0.15, 0.2) is 60.7 Å². The maximum atomic E-state index is 12.7. The molecule has 3 aromatic carbocycles. The number of carbonyl (C=O) groups is 4. The van der Waals surface area contributed by atoms with E-state index in [-0.39, 0.29) is 39.8 Å². The Morgan fingerprint density at radius 2 is 1.54 bits per heavy atom. The Bertz CT molecular complexity index is 1360. The summed E-state index contributed by atoms with van der Waals surface area (Å²) >= 11 is 6.19. The lowest BCUT2D eigenvalue weighted by molar-refractivity contribution is -0.139. The van der Waals surface area contributed by atoms with Crippen molar-refractivity contribution in [2.24, 2.45) is 0 Å². The highest BCUT2D eigenvalue weighted by atomic mass is 35.5. The van der Waals surface area contributed by atoms with Gasteiger partial charge in [-0.25, -0.2) is 4.79 Å². The molecular weight excluding hydrogens is 502 g/mol. The van der Waals surface area contributed by atoms with Gasteiger partial charge >= 0.3 is 5.97 Å². The predicted molar refractivity (Wildman–Crippen MR) is 135 cm³/mol. The first-order chi connectivity index (χ1) is 17.5. The largest absolute Gasteiger partial charge is 0.508 e. The molecule has 0 radical (unpaired) electrons. The van der Waals surface area contributed by atoms with E-state index >= 15 is 0 Å². The Hall–Kier alpha value is -4.57. The van der Waals surface area contributed by atoms with Gasteiger partial charge < -0.3 is 31.3 Å². The number of aliphatic carboxylic acids is 1. The number of rotatable bonds is 9. The van der Waals surface area contributed by atoms with Crippen molar-refractivity contribution in [2.45, 2.75) is 19.5 Å². The van der Waals surface area contributed by atoms with Crippen LogP contribution in [0.4, 0.5) is 0 Å². The summed E-state index contributed by atoms with van der Waals surface area (Å²) in [6, 6.07) is 13.1. The molecule has 0 aliphatic heterocycles. The number of carbonyl (C=O) groups excluding carboxylic acids is 3. The van der Waals surface area contributed by atoms with Gasteiger partial charge in [0.2, 0.25) is 0 Å². The minimum absolute atomic E-state index is 0.0627. The first-order valence-electron chi connectivity index (χ1n) is 11.0. The topological polar surface area (TPSA) is 165 Å². The van der Waals surface area contributed by atoms with Gasteiger partial charge in [0.25, 0.3) is 17.7 Å². The van der Waals surface area contributed by atoms with E-state index in [4.69, 9.17) is 11.6 Å². The summed E-state index contributed by atoms with van der Waals surface area (Å²) in [5, 5.41) is 36.0. The summed E-state index contributed by atoms with van der Waals surface area (Å²) in [5.74, 6) is -3.31. The van der Waals surface area contributed by atoms with Crippen molar-refractivity contribution >= 4 is 35.3 Å². The maximum absolute atomic E-state index is 12.7. The summed E-state index contributed by atoms with van der Waals surface area (Å²) in [6.45, 7) is 1.39. The number of amides is 3. The second kappa shape index (κ2) is 11.9. The summed E-state index contributed by atoms with van der Waals surface area (Å²) < 4.78 is 0. The molecule has 1 atom stereocenters. The third kappa shape index (κ3) is 7.21. The second-order valence-electron chi connectivity index (χ2n) is 8.12. The lowest BCUT2D eigenvalue weighted by Crippen LogP contribution is -2.48. The molecule has 0 aliphatic carbocycles. The molecule has 0 saturated carbocycles. The highest BCUT2D eigenvalue weighted by Gasteiger charge is 2.23. The standard InChI is InChI=1S/C26H24ClN3O7/c1-14-5-6-17(11-22(14)32)24(34)29-13-21(26(36)37)30-25(35)19-8-7-16(10-20(19)27)23(33)28-12-15-3-2-4-18(31)9-15/h2-11,21,31-32H,12-13H2,1H3,(H,28,33)(H,29,34)(H,30,35)(H,36,37)/t21-/m0/s1. The Morgan fingerprint density at radius 3 is 2.19 bits per heavy atom. The average molecular weight is 526 g/mol. The molecule has 0 spiro atoms. The zero-order valence-electron chi connectivity index (χ0n) is 19.6. The van der Waals surface area contributed by atoms with Crippen molar-refractivity contribution in [3.05, 3.63) is 93.5 Å². The molecule has 0 unspecified atom stereocenters. The van der Waals surface area contributed by atoms with Crippen LogP contribution in [-0.4, -0.2) is 51.6 Å². The summed E-state index contributed by atoms with van der Waals surface area (Å²) in [5.41, 5.74) is 1.49. The molecule has 0 fully saturated rings. The Labute approximate surface area is 216 Å². The van der Waals surface area contributed by atoms with Gasteiger partial charge in [-0.05, 0) is 60.5 Å². The molecule has 0 bridgehead atoms. The third-order valence-corrected chi connectivity index (χ3v) is 5.69. The molecular formula is C26H24ClN3O7. The van der Waals surface area contributed by atoms with Crippen molar-refractivity contribution in [1.29, 1.82) is 0 Å². The van der Waals surface area contributed by atoms with Crippen molar-refractivity contribution in [3.8, 4) is 11.5 Å². The van der Waals surface area contributed by atoms with Crippen LogP contribution < -0.4 is 16.0 Å². The Balaban J connectivity index is 1.61. The number of hydrogen-bond acceptors (Lipinski definition) is 6. The number of phenols is 2. The highest BCUT2D eigenvalue weighted by Crippen LogP contribution is 2.19. The van der Waals surface area contributed by atoms with Crippen LogP contribution in [0.25, 0.3) is 0 Å². The van der Waals surface area contributed by atoms with Crippen LogP contribution in [0.1, 0.15) is 42.2 Å². The lowest BCUT2D eigenvalue weighted by atomic mass is 10.1. The molecule has 6 N–H and O–H groups in total. The van der Waals surface area contributed by atoms with E-state index in [1.807, 2.05) is 0 Å². The van der Waals surface area contributed by atoms with Gasteiger partial charge in [-0.3, -0.25) is 14.4 Å². The van der Waals surface area contributed by atoms with Crippen LogP contribution in [0.2, 0.25) is 5.02 Å². The molecule has 3 rings (SSSR count). The number of benzene rings is 3. The zero-order chi connectivity index (χ0) is 27.1. The van der Waals surface area contributed by atoms with Gasteiger partial charge in [0.15, 0.2) is 0 Å². The van der Waals surface area contributed by atoms with Crippen molar-refractivity contribution < 1.29 is 34.5 Å². The molecule has 0 aliphatic rings. The summed E-state index contributed by atoms with van der Waals surface area (Å²) in [4.78, 5) is 49.1. The predicted octanol–water partition coefficient (Wildman–Crippen LogP) is 2.60. The first kappa shape index (κ1) is 27.0. The minimum atomic E-state index is -1.48. The van der Waals surface area contributed by atoms with Crippen LogP contribution in [0, 0.1) is 6.92 Å². The maximum Gasteiger partial charge on any atom is 0.328 e. The van der Waals surface area contributed by atoms with Crippen LogP contribution in [-0.2, 0) is 11.3 Å². The minimum Gasteiger partial charge on any atom is -0.508 e. The number of hydrogen-bond donors (Lipinski definition) is 6. The van der Waals surface area contributed by atoms with Crippen LogP contribution in [0.5, 0.6) is 11.5 Å². The van der Waals surface area contributed by atoms with E-state index < -0.39 is 36.3 Å². The fourth-order valence-corrected chi connectivity index (χ4v) is 3.54. The summed E-state index contributed by atoms with van der Waals surface area (Å²) in [6.07, 6.45) is 0. The van der Waals surface area contributed by atoms with E-state index in [0.717, 1.165) is 0 Å². The van der Waals surface area contributed by atoms with E-state index in [1.54, 1.807) is 25.1 Å². The fraction of sp³-hybridized carbons (Fsp3) is 0.154.